The molecule has 0 saturated carbocycles. The van der Waals surface area contributed by atoms with E-state index in [0.717, 1.165) is 39.0 Å². The van der Waals surface area contributed by atoms with Crippen molar-refractivity contribution in [3.63, 3.8) is 0 Å². The smallest absolute Gasteiger partial charge is 0.317 e. The van der Waals surface area contributed by atoms with Gasteiger partial charge in [0.05, 0.1) is 21.8 Å². The van der Waals surface area contributed by atoms with E-state index in [9.17, 15) is 19.2 Å². The van der Waals surface area contributed by atoms with Crippen LogP contribution >= 0.6 is 0 Å². The van der Waals surface area contributed by atoms with Gasteiger partial charge >= 0.3 is 11.4 Å². The molecule has 3 N–H and O–H groups in total. The maximum atomic E-state index is 12.9. The van der Waals surface area contributed by atoms with Crippen molar-refractivity contribution in [1.29, 1.82) is 0 Å². The van der Waals surface area contributed by atoms with E-state index in [1.807, 2.05) is 18.2 Å². The van der Waals surface area contributed by atoms with Gasteiger partial charge in [-0.05, 0) is 75.1 Å². The Morgan fingerprint density at radius 1 is 0.581 bits per heavy atom. The molecule has 10 heteroatoms. The lowest BCUT2D eigenvalue weighted by atomic mass is 10.2. The highest BCUT2D eigenvalue weighted by atomic mass is 16.2. The molecular formula is C33H38N6O4. The van der Waals surface area contributed by atoms with Crippen molar-refractivity contribution >= 4 is 21.8 Å². The maximum absolute atomic E-state index is 12.9. The van der Waals surface area contributed by atoms with Crippen LogP contribution in [0.15, 0.2) is 98.0 Å². The van der Waals surface area contributed by atoms with Crippen LogP contribution < -0.4 is 27.8 Å². The molecule has 0 atom stereocenters. The molecule has 5 rings (SSSR count). The Morgan fingerprint density at radius 3 is 1.72 bits per heavy atom. The van der Waals surface area contributed by atoms with Crippen LogP contribution in [0.2, 0.25) is 0 Å². The van der Waals surface area contributed by atoms with Gasteiger partial charge in [-0.1, -0.05) is 54.6 Å². The van der Waals surface area contributed by atoms with Gasteiger partial charge in [-0.3, -0.25) is 23.6 Å². The predicted molar refractivity (Wildman–Crippen MR) is 171 cm³/mol. The minimum Gasteiger partial charge on any atom is -0.317 e. The van der Waals surface area contributed by atoms with Crippen LogP contribution in [0.4, 0.5) is 0 Å². The van der Waals surface area contributed by atoms with Crippen molar-refractivity contribution in [3.05, 3.63) is 126 Å². The van der Waals surface area contributed by atoms with Gasteiger partial charge in [-0.25, -0.2) is 9.59 Å². The van der Waals surface area contributed by atoms with E-state index in [2.05, 4.69) is 32.3 Å². The molecule has 0 aliphatic carbocycles. The van der Waals surface area contributed by atoms with Crippen molar-refractivity contribution in [3.8, 4) is 0 Å². The predicted octanol–water partition coefficient (Wildman–Crippen LogP) is 3.05. The number of nitrogens with one attached hydrogen (secondary N) is 3. The molecule has 0 saturated heterocycles. The average molecular weight is 583 g/mol. The van der Waals surface area contributed by atoms with E-state index in [1.54, 1.807) is 48.5 Å². The monoisotopic (exact) mass is 582 g/mol. The molecule has 0 spiro atoms. The molecule has 2 heterocycles. The first-order chi connectivity index (χ1) is 21.0. The number of nitrogens with zero attached hydrogens (tertiary/aromatic N) is 3. The second kappa shape index (κ2) is 14.6. The highest BCUT2D eigenvalue weighted by molar-refractivity contribution is 5.77. The molecule has 0 fully saturated rings. The number of rotatable bonds is 15. The van der Waals surface area contributed by atoms with Gasteiger partial charge in [0, 0.05) is 26.2 Å². The summed E-state index contributed by atoms with van der Waals surface area (Å²) in [5.74, 6) is 0. The summed E-state index contributed by atoms with van der Waals surface area (Å²) in [5, 5.41) is 4.46. The number of aromatic nitrogens is 4. The Kier molecular flexibility index (Phi) is 10.1. The zero-order valence-electron chi connectivity index (χ0n) is 24.3. The lowest BCUT2D eigenvalue weighted by Crippen LogP contribution is -2.36. The van der Waals surface area contributed by atoms with E-state index in [4.69, 9.17) is 0 Å². The molecule has 224 valence electrons. The molecule has 3 aromatic carbocycles. The fourth-order valence-corrected chi connectivity index (χ4v) is 5.44. The SMILES string of the molecule is O=c1[nH]c2ccccc2c(=O)n1CCCNCCCCN(CCCn1c(=O)[nH]c2ccccc2c1=O)Cc1ccccc1. The summed E-state index contributed by atoms with van der Waals surface area (Å²) < 4.78 is 2.57. The summed E-state index contributed by atoms with van der Waals surface area (Å²) in [6, 6.07) is 24.4. The molecule has 0 aliphatic heterocycles. The first kappa shape index (κ1) is 29.9. The second-order valence-electron chi connectivity index (χ2n) is 10.8. The molecule has 2 aromatic heterocycles. The fraction of sp³-hybridized carbons (Fsp3) is 0.333. The molecule has 0 unspecified atom stereocenters. The molecule has 10 nitrogen and oxygen atoms in total. The second-order valence-corrected chi connectivity index (χ2v) is 10.8. The zero-order chi connectivity index (χ0) is 30.0. The van der Waals surface area contributed by atoms with Crippen molar-refractivity contribution in [2.45, 2.75) is 45.3 Å². The topological polar surface area (TPSA) is 125 Å². The fourth-order valence-electron chi connectivity index (χ4n) is 5.44. The van der Waals surface area contributed by atoms with Gasteiger partial charge in [0.25, 0.3) is 11.1 Å². The van der Waals surface area contributed by atoms with Gasteiger partial charge in [0.1, 0.15) is 0 Å². The van der Waals surface area contributed by atoms with E-state index in [-0.39, 0.29) is 22.5 Å². The number of H-pyrrole nitrogens is 2. The number of para-hydroxylation sites is 2. The number of hydrogen-bond acceptors (Lipinski definition) is 6. The first-order valence-electron chi connectivity index (χ1n) is 14.9. The number of fused-ring (bicyclic) bond motifs is 2. The van der Waals surface area contributed by atoms with Crippen LogP contribution in [0.5, 0.6) is 0 Å². The molecule has 0 aliphatic rings. The molecule has 0 radical (unpaired) electrons. The Labute approximate surface area is 248 Å². The average Bonchev–Trinajstić information content (AvgIpc) is 3.01. The lowest BCUT2D eigenvalue weighted by Gasteiger charge is -2.22. The molecule has 0 bridgehead atoms. The van der Waals surface area contributed by atoms with Crippen LogP contribution in [0.25, 0.3) is 21.8 Å². The van der Waals surface area contributed by atoms with E-state index >= 15 is 0 Å². The lowest BCUT2D eigenvalue weighted by molar-refractivity contribution is 0.250. The Balaban J connectivity index is 1.08. The quantitative estimate of drug-likeness (QED) is 0.163. The number of unbranched alkanes of at least 4 members (excludes halogenated alkanes) is 1. The summed E-state index contributed by atoms with van der Waals surface area (Å²) >= 11 is 0. The Bertz CT molecular complexity index is 1890. The number of benzene rings is 3. The van der Waals surface area contributed by atoms with Crippen molar-refractivity contribution < 1.29 is 0 Å². The summed E-state index contributed by atoms with van der Waals surface area (Å²) in [5.41, 5.74) is 1.08. The maximum Gasteiger partial charge on any atom is 0.328 e. The van der Waals surface area contributed by atoms with Crippen LogP contribution in [-0.2, 0) is 19.6 Å². The van der Waals surface area contributed by atoms with E-state index < -0.39 is 0 Å². The van der Waals surface area contributed by atoms with Crippen molar-refractivity contribution in [2.75, 3.05) is 26.2 Å². The molecule has 5 aromatic rings. The highest BCUT2D eigenvalue weighted by Crippen LogP contribution is 2.08. The highest BCUT2D eigenvalue weighted by Gasteiger charge is 2.10. The van der Waals surface area contributed by atoms with Gasteiger partial charge < -0.3 is 15.3 Å². The summed E-state index contributed by atoms with van der Waals surface area (Å²) in [6.45, 7) is 4.71. The first-order valence-corrected chi connectivity index (χ1v) is 14.9. The molecule has 43 heavy (non-hydrogen) atoms. The normalized spacial score (nSPS) is 11.6. The Hall–Kier alpha value is -4.54. The van der Waals surface area contributed by atoms with Crippen LogP contribution in [0, 0.1) is 0 Å². The third kappa shape index (κ3) is 7.65. The number of hydrogen-bond donors (Lipinski definition) is 3. The van der Waals surface area contributed by atoms with Gasteiger partial charge in [-0.2, -0.15) is 0 Å². The third-order valence-electron chi connectivity index (χ3n) is 7.70. The van der Waals surface area contributed by atoms with E-state index in [0.29, 0.717) is 54.3 Å². The minimum absolute atomic E-state index is 0.255. The van der Waals surface area contributed by atoms with Crippen molar-refractivity contribution in [2.24, 2.45) is 0 Å². The summed E-state index contributed by atoms with van der Waals surface area (Å²) in [6.07, 6.45) is 3.32. The third-order valence-corrected chi connectivity index (χ3v) is 7.70. The van der Waals surface area contributed by atoms with Gasteiger partial charge in [0.15, 0.2) is 0 Å². The summed E-state index contributed by atoms with van der Waals surface area (Å²) in [4.78, 5) is 58.4. The minimum atomic E-state index is -0.377. The van der Waals surface area contributed by atoms with Gasteiger partial charge in [0.2, 0.25) is 0 Å². The van der Waals surface area contributed by atoms with Crippen LogP contribution in [0.1, 0.15) is 31.2 Å². The molecular weight excluding hydrogens is 544 g/mol. The summed E-state index contributed by atoms with van der Waals surface area (Å²) in [7, 11) is 0. The largest absolute Gasteiger partial charge is 0.328 e. The van der Waals surface area contributed by atoms with Crippen LogP contribution in [0.3, 0.4) is 0 Å². The van der Waals surface area contributed by atoms with E-state index in [1.165, 1.54) is 14.7 Å². The molecule has 0 amide bonds. The van der Waals surface area contributed by atoms with Crippen molar-refractivity contribution in [1.82, 2.24) is 29.3 Å². The van der Waals surface area contributed by atoms with Gasteiger partial charge in [-0.15, -0.1) is 0 Å². The zero-order valence-corrected chi connectivity index (χ0v) is 24.3. The number of aromatic amines is 2. The standard InChI is InChI=1S/C33H38N6O4/c40-30-26-14-4-6-16-28(26)35-32(42)38(30)22-10-19-34-18-8-9-20-37(24-25-12-2-1-3-13-25)21-11-23-39-31(41)27-15-5-7-17-29(27)36-33(39)43/h1-7,12-17,34H,8-11,18-24H2,(H,35,42)(H,36,43). The van der Waals surface area contributed by atoms with Crippen LogP contribution in [-0.4, -0.2) is 50.2 Å². The Morgan fingerprint density at radius 2 is 1.09 bits per heavy atom.